The Morgan fingerprint density at radius 1 is 1.40 bits per heavy atom. The van der Waals surface area contributed by atoms with Gasteiger partial charge in [-0.05, 0) is 13.0 Å². The predicted molar refractivity (Wildman–Crippen MR) is 57.7 cm³/mol. The minimum atomic E-state index is -3.42. The van der Waals surface area contributed by atoms with Crippen LogP contribution in [-0.4, -0.2) is 68.5 Å². The molecule has 90 valence electrons. The summed E-state index contributed by atoms with van der Waals surface area (Å²) in [7, 11) is 1.00. The van der Waals surface area contributed by atoms with Gasteiger partial charge >= 0.3 is 0 Å². The van der Waals surface area contributed by atoms with Crippen molar-refractivity contribution in [3.05, 3.63) is 0 Å². The average Bonchev–Trinajstić information content (AvgIpc) is 2.51. The van der Waals surface area contributed by atoms with Crippen molar-refractivity contribution >= 4 is 10.2 Å². The molecule has 6 nitrogen and oxygen atoms in total. The summed E-state index contributed by atoms with van der Waals surface area (Å²) in [5, 5.41) is 13.0. The number of β-amino-alcohol motifs (C(OH)–C–C–N with tert-alkyl or cyclic N) is 1. The summed E-state index contributed by atoms with van der Waals surface area (Å²) in [6.07, 6.45) is 0.584. The zero-order chi connectivity index (χ0) is 11.7. The first kappa shape index (κ1) is 12.9. The van der Waals surface area contributed by atoms with Crippen LogP contribution in [0.4, 0.5) is 0 Å². The Labute approximate surface area is 91.0 Å². The molecule has 0 aliphatic carbocycles. The first-order chi connectivity index (χ1) is 6.78. The first-order valence-corrected chi connectivity index (χ1v) is 6.24. The van der Waals surface area contributed by atoms with Gasteiger partial charge in [-0.25, -0.2) is 0 Å². The second-order valence-electron chi connectivity index (χ2n) is 4.20. The van der Waals surface area contributed by atoms with Crippen molar-refractivity contribution in [2.45, 2.75) is 12.0 Å². The summed E-state index contributed by atoms with van der Waals surface area (Å²) >= 11 is 0. The minimum Gasteiger partial charge on any atom is -0.387 e. The Morgan fingerprint density at radius 2 is 2.00 bits per heavy atom. The van der Waals surface area contributed by atoms with Crippen molar-refractivity contribution in [2.75, 3.05) is 40.8 Å². The van der Waals surface area contributed by atoms with Crippen LogP contribution in [0.15, 0.2) is 0 Å². The third-order valence-electron chi connectivity index (χ3n) is 2.59. The number of nitrogens with zero attached hydrogens (tertiary/aromatic N) is 2. The van der Waals surface area contributed by atoms with Gasteiger partial charge in [0, 0.05) is 34.2 Å². The molecule has 15 heavy (non-hydrogen) atoms. The van der Waals surface area contributed by atoms with Crippen LogP contribution in [0.1, 0.15) is 6.42 Å². The molecule has 1 atom stereocenters. The lowest BCUT2D eigenvalue weighted by Crippen LogP contribution is -2.48. The average molecular weight is 237 g/mol. The molecule has 0 bridgehead atoms. The molecule has 2 N–H and O–H groups in total. The van der Waals surface area contributed by atoms with Crippen LogP contribution < -0.4 is 5.32 Å². The smallest absolute Gasteiger partial charge is 0.281 e. The predicted octanol–water partition coefficient (Wildman–Crippen LogP) is -1.55. The van der Waals surface area contributed by atoms with Crippen molar-refractivity contribution in [3.8, 4) is 0 Å². The van der Waals surface area contributed by atoms with Gasteiger partial charge in [-0.2, -0.15) is 17.0 Å². The van der Waals surface area contributed by atoms with Crippen molar-refractivity contribution < 1.29 is 13.5 Å². The minimum absolute atomic E-state index is 0.126. The van der Waals surface area contributed by atoms with Crippen LogP contribution in [0, 0.1) is 0 Å². The summed E-state index contributed by atoms with van der Waals surface area (Å²) in [5.41, 5.74) is -0.933. The Balaban J connectivity index is 2.66. The van der Waals surface area contributed by atoms with Crippen LogP contribution in [0.3, 0.4) is 0 Å². The molecular formula is C8H19N3O3S. The van der Waals surface area contributed by atoms with E-state index in [0.717, 1.165) is 10.8 Å². The highest BCUT2D eigenvalue weighted by Crippen LogP contribution is 2.17. The zero-order valence-corrected chi connectivity index (χ0v) is 10.2. The van der Waals surface area contributed by atoms with Gasteiger partial charge in [0.15, 0.2) is 0 Å². The lowest BCUT2D eigenvalue weighted by atomic mass is 10.0. The summed E-state index contributed by atoms with van der Waals surface area (Å²) in [6, 6.07) is 0. The topological polar surface area (TPSA) is 72.9 Å². The van der Waals surface area contributed by atoms with Crippen molar-refractivity contribution in [2.24, 2.45) is 0 Å². The van der Waals surface area contributed by atoms with E-state index in [1.54, 1.807) is 0 Å². The monoisotopic (exact) mass is 237 g/mol. The fourth-order valence-corrected chi connectivity index (χ4v) is 2.60. The molecule has 1 heterocycles. The molecule has 0 amide bonds. The summed E-state index contributed by atoms with van der Waals surface area (Å²) in [6.45, 7) is 1.30. The van der Waals surface area contributed by atoms with Gasteiger partial charge in [0.2, 0.25) is 0 Å². The Hall–Kier alpha value is -0.210. The van der Waals surface area contributed by atoms with E-state index in [9.17, 15) is 13.5 Å². The van der Waals surface area contributed by atoms with Gasteiger partial charge in [0.05, 0.1) is 5.60 Å². The molecular weight excluding hydrogens is 218 g/mol. The van der Waals surface area contributed by atoms with Crippen LogP contribution in [0.25, 0.3) is 0 Å². The number of rotatable bonds is 4. The quantitative estimate of drug-likeness (QED) is 0.621. The van der Waals surface area contributed by atoms with E-state index in [1.165, 1.54) is 25.4 Å². The lowest BCUT2D eigenvalue weighted by molar-refractivity contribution is 0.0453. The number of aliphatic hydroxyl groups is 1. The number of likely N-dealkylation sites (N-methyl/N-ethyl adjacent to an activating group) is 1. The van der Waals surface area contributed by atoms with Crippen molar-refractivity contribution in [1.82, 2.24) is 13.9 Å². The summed E-state index contributed by atoms with van der Waals surface area (Å²) in [5.74, 6) is 0. The van der Waals surface area contributed by atoms with Gasteiger partial charge in [0.1, 0.15) is 0 Å². The summed E-state index contributed by atoms with van der Waals surface area (Å²) in [4.78, 5) is 0. The molecule has 1 unspecified atom stereocenters. The lowest BCUT2D eigenvalue weighted by Gasteiger charge is -2.29. The largest absolute Gasteiger partial charge is 0.387 e. The fraction of sp³-hybridized carbons (Fsp3) is 1.00. The molecule has 0 saturated carbocycles. The van der Waals surface area contributed by atoms with E-state index in [2.05, 4.69) is 5.32 Å². The van der Waals surface area contributed by atoms with Gasteiger partial charge < -0.3 is 10.4 Å². The van der Waals surface area contributed by atoms with E-state index >= 15 is 0 Å². The molecule has 1 aliphatic heterocycles. The third kappa shape index (κ3) is 2.88. The molecule has 1 rings (SSSR count). The normalized spacial score (nSPS) is 27.9. The van der Waals surface area contributed by atoms with Crippen molar-refractivity contribution in [3.63, 3.8) is 0 Å². The highest BCUT2D eigenvalue weighted by Gasteiger charge is 2.35. The molecule has 0 aromatic heterocycles. The highest BCUT2D eigenvalue weighted by molar-refractivity contribution is 7.86. The molecule has 1 fully saturated rings. The maximum Gasteiger partial charge on any atom is 0.281 e. The second-order valence-corrected chi connectivity index (χ2v) is 6.45. The van der Waals surface area contributed by atoms with Crippen molar-refractivity contribution in [1.29, 1.82) is 0 Å². The number of hydrogen-bond donors (Lipinski definition) is 2. The zero-order valence-electron chi connectivity index (χ0n) is 9.39. The molecule has 1 saturated heterocycles. The van der Waals surface area contributed by atoms with Gasteiger partial charge in [-0.1, -0.05) is 0 Å². The Kier molecular flexibility index (Phi) is 3.72. The molecule has 0 spiro atoms. The molecule has 1 aliphatic rings. The molecule has 7 heteroatoms. The third-order valence-corrected chi connectivity index (χ3v) is 4.43. The van der Waals surface area contributed by atoms with Crippen LogP contribution in [0.5, 0.6) is 0 Å². The fourth-order valence-electron chi connectivity index (χ4n) is 1.64. The maximum atomic E-state index is 11.7. The highest BCUT2D eigenvalue weighted by atomic mass is 32.2. The van der Waals surface area contributed by atoms with E-state index < -0.39 is 15.8 Å². The van der Waals surface area contributed by atoms with E-state index in [4.69, 9.17) is 0 Å². The van der Waals surface area contributed by atoms with Gasteiger partial charge in [0.25, 0.3) is 10.2 Å². The maximum absolute atomic E-state index is 11.7. The van der Waals surface area contributed by atoms with E-state index in [0.29, 0.717) is 13.0 Å². The van der Waals surface area contributed by atoms with Gasteiger partial charge in [-0.15, -0.1) is 0 Å². The number of hydrogen-bond acceptors (Lipinski definition) is 4. The standard InChI is InChI=1S/C8H19N3O3S/c1-10(2)15(13,14)11(3)7-8(12)4-5-9-6-8/h9,12H,4-7H2,1-3H3. The molecule has 0 aromatic rings. The SMILES string of the molecule is CN(C)S(=O)(=O)N(C)CC1(O)CCNC1. The first-order valence-electron chi connectivity index (χ1n) is 4.85. The Morgan fingerprint density at radius 3 is 2.40 bits per heavy atom. The van der Waals surface area contributed by atoms with Gasteiger partial charge in [-0.3, -0.25) is 0 Å². The van der Waals surface area contributed by atoms with E-state index in [1.807, 2.05) is 0 Å². The van der Waals surface area contributed by atoms with Crippen LogP contribution in [0.2, 0.25) is 0 Å². The summed E-state index contributed by atoms with van der Waals surface area (Å²) < 4.78 is 25.7. The Bertz CT molecular complexity index is 309. The van der Waals surface area contributed by atoms with Crippen LogP contribution in [-0.2, 0) is 10.2 Å². The van der Waals surface area contributed by atoms with E-state index in [-0.39, 0.29) is 6.54 Å². The van der Waals surface area contributed by atoms with Crippen LogP contribution >= 0.6 is 0 Å². The second kappa shape index (κ2) is 4.34. The number of nitrogens with one attached hydrogen (secondary N) is 1. The molecule has 0 aromatic carbocycles. The molecule has 0 radical (unpaired) electrons.